The lowest BCUT2D eigenvalue weighted by Crippen LogP contribution is -2.09. The number of anilines is 1. The number of rotatable bonds is 1. The summed E-state index contributed by atoms with van der Waals surface area (Å²) in [6.07, 6.45) is 1.84. The Bertz CT molecular complexity index is 466. The highest BCUT2D eigenvalue weighted by atomic mass is 79.9. The Hall–Kier alpha value is -1.09. The van der Waals surface area contributed by atoms with Gasteiger partial charge in [0.15, 0.2) is 0 Å². The highest BCUT2D eigenvalue weighted by Crippen LogP contribution is 2.28. The SMILES string of the molecule is CN(C)c1ccnc2c(Br)cccc12. The van der Waals surface area contributed by atoms with Gasteiger partial charge in [-0.1, -0.05) is 12.1 Å². The van der Waals surface area contributed by atoms with E-state index < -0.39 is 0 Å². The Morgan fingerprint density at radius 3 is 2.71 bits per heavy atom. The van der Waals surface area contributed by atoms with E-state index in [0.717, 1.165) is 9.99 Å². The van der Waals surface area contributed by atoms with Crippen LogP contribution in [-0.2, 0) is 0 Å². The molecule has 2 rings (SSSR count). The van der Waals surface area contributed by atoms with Crippen LogP contribution < -0.4 is 4.90 Å². The molecule has 0 bridgehead atoms. The predicted octanol–water partition coefficient (Wildman–Crippen LogP) is 3.06. The number of pyridine rings is 1. The van der Waals surface area contributed by atoms with E-state index in [1.807, 2.05) is 38.5 Å². The Morgan fingerprint density at radius 1 is 1.21 bits per heavy atom. The Morgan fingerprint density at radius 2 is 2.00 bits per heavy atom. The minimum atomic E-state index is 1.01. The molecule has 1 aromatic carbocycles. The maximum atomic E-state index is 4.35. The van der Waals surface area contributed by atoms with Gasteiger partial charge < -0.3 is 4.90 Å². The van der Waals surface area contributed by atoms with Crippen molar-refractivity contribution in [3.63, 3.8) is 0 Å². The van der Waals surface area contributed by atoms with Crippen molar-refractivity contribution < 1.29 is 0 Å². The van der Waals surface area contributed by atoms with Crippen molar-refractivity contribution in [2.75, 3.05) is 19.0 Å². The molecule has 2 nitrogen and oxygen atoms in total. The molecule has 0 amide bonds. The highest BCUT2D eigenvalue weighted by molar-refractivity contribution is 9.10. The monoisotopic (exact) mass is 250 g/mol. The van der Waals surface area contributed by atoms with Crippen LogP contribution in [-0.4, -0.2) is 19.1 Å². The van der Waals surface area contributed by atoms with Crippen LogP contribution in [0.15, 0.2) is 34.9 Å². The summed E-state index contributed by atoms with van der Waals surface area (Å²) in [5.41, 5.74) is 2.20. The van der Waals surface area contributed by atoms with Gasteiger partial charge in [-0.25, -0.2) is 0 Å². The lowest BCUT2D eigenvalue weighted by Gasteiger charge is -2.14. The van der Waals surface area contributed by atoms with Gasteiger partial charge >= 0.3 is 0 Å². The second-order valence-corrected chi connectivity index (χ2v) is 4.21. The fraction of sp³-hybridized carbons (Fsp3) is 0.182. The molecule has 3 heteroatoms. The molecule has 72 valence electrons. The number of halogens is 1. The molecule has 0 aliphatic heterocycles. The van der Waals surface area contributed by atoms with Gasteiger partial charge in [0.1, 0.15) is 0 Å². The summed E-state index contributed by atoms with van der Waals surface area (Å²) in [5, 5.41) is 1.17. The summed E-state index contributed by atoms with van der Waals surface area (Å²) >= 11 is 3.50. The van der Waals surface area contributed by atoms with E-state index in [9.17, 15) is 0 Å². The molecule has 0 unspecified atom stereocenters. The third kappa shape index (κ3) is 1.48. The maximum absolute atomic E-state index is 4.35. The first-order chi connectivity index (χ1) is 6.70. The molecule has 14 heavy (non-hydrogen) atoms. The number of aromatic nitrogens is 1. The molecule has 0 fully saturated rings. The second-order valence-electron chi connectivity index (χ2n) is 3.36. The standard InChI is InChI=1S/C11H11BrN2/c1-14(2)10-6-7-13-11-8(10)4-3-5-9(11)12/h3-7H,1-2H3. The number of fused-ring (bicyclic) bond motifs is 1. The van der Waals surface area contributed by atoms with Gasteiger partial charge in [-0.2, -0.15) is 0 Å². The molecule has 0 aliphatic rings. The molecule has 0 atom stereocenters. The van der Waals surface area contributed by atoms with Crippen molar-refractivity contribution in [2.45, 2.75) is 0 Å². The molecule has 0 spiro atoms. The maximum Gasteiger partial charge on any atom is 0.0864 e. The first-order valence-corrected chi connectivity index (χ1v) is 5.20. The minimum absolute atomic E-state index is 1.01. The summed E-state index contributed by atoms with van der Waals surface area (Å²) in [5.74, 6) is 0. The van der Waals surface area contributed by atoms with Crippen molar-refractivity contribution in [1.82, 2.24) is 4.98 Å². The lowest BCUT2D eigenvalue weighted by atomic mass is 10.2. The second kappa shape index (κ2) is 3.58. The Labute approximate surface area is 91.7 Å². The third-order valence-corrected chi connectivity index (χ3v) is 2.82. The summed E-state index contributed by atoms with van der Waals surface area (Å²) < 4.78 is 1.04. The summed E-state index contributed by atoms with van der Waals surface area (Å²) in [6, 6.07) is 8.15. The molecular weight excluding hydrogens is 240 g/mol. The molecular formula is C11H11BrN2. The van der Waals surface area contributed by atoms with Crippen molar-refractivity contribution in [2.24, 2.45) is 0 Å². The number of hydrogen-bond acceptors (Lipinski definition) is 2. The zero-order valence-corrected chi connectivity index (χ0v) is 9.75. The van der Waals surface area contributed by atoms with E-state index in [1.165, 1.54) is 11.1 Å². The van der Waals surface area contributed by atoms with E-state index >= 15 is 0 Å². The molecule has 1 heterocycles. The molecule has 1 aromatic heterocycles. The zero-order chi connectivity index (χ0) is 10.1. The van der Waals surface area contributed by atoms with Gasteiger partial charge in [0.2, 0.25) is 0 Å². The molecule has 0 saturated heterocycles. The smallest absolute Gasteiger partial charge is 0.0864 e. The van der Waals surface area contributed by atoms with Gasteiger partial charge in [-0.15, -0.1) is 0 Å². The minimum Gasteiger partial charge on any atom is -0.377 e. The zero-order valence-electron chi connectivity index (χ0n) is 8.16. The fourth-order valence-corrected chi connectivity index (χ4v) is 1.98. The van der Waals surface area contributed by atoms with E-state index in [-0.39, 0.29) is 0 Å². The van der Waals surface area contributed by atoms with Crippen molar-refractivity contribution in [1.29, 1.82) is 0 Å². The van der Waals surface area contributed by atoms with Crippen LogP contribution in [0, 0.1) is 0 Å². The number of benzene rings is 1. The van der Waals surface area contributed by atoms with Crippen molar-refractivity contribution >= 4 is 32.5 Å². The van der Waals surface area contributed by atoms with Gasteiger partial charge in [-0.05, 0) is 28.1 Å². The third-order valence-electron chi connectivity index (χ3n) is 2.18. The average Bonchev–Trinajstić information content (AvgIpc) is 2.17. The van der Waals surface area contributed by atoms with Crippen LogP contribution in [0.1, 0.15) is 0 Å². The normalized spacial score (nSPS) is 10.5. The first-order valence-electron chi connectivity index (χ1n) is 4.40. The van der Waals surface area contributed by atoms with Crippen LogP contribution >= 0.6 is 15.9 Å². The largest absolute Gasteiger partial charge is 0.377 e. The summed E-state index contributed by atoms with van der Waals surface area (Å²) in [6.45, 7) is 0. The Balaban J connectivity index is 2.81. The van der Waals surface area contributed by atoms with Crippen LogP contribution in [0.3, 0.4) is 0 Å². The Kier molecular flexibility index (Phi) is 2.42. The fourth-order valence-electron chi connectivity index (χ4n) is 1.52. The average molecular weight is 251 g/mol. The van der Waals surface area contributed by atoms with E-state index in [2.05, 4.69) is 31.9 Å². The van der Waals surface area contributed by atoms with Gasteiger partial charge in [0.25, 0.3) is 0 Å². The molecule has 0 radical (unpaired) electrons. The lowest BCUT2D eigenvalue weighted by molar-refractivity contribution is 1.14. The van der Waals surface area contributed by atoms with Gasteiger partial charge in [0, 0.05) is 35.8 Å². The van der Waals surface area contributed by atoms with Crippen LogP contribution in [0.4, 0.5) is 5.69 Å². The summed E-state index contributed by atoms with van der Waals surface area (Å²) in [4.78, 5) is 6.44. The molecule has 0 saturated carbocycles. The van der Waals surface area contributed by atoms with Gasteiger partial charge in [0.05, 0.1) is 5.52 Å². The number of nitrogens with zero attached hydrogens (tertiary/aromatic N) is 2. The molecule has 2 aromatic rings. The van der Waals surface area contributed by atoms with Crippen LogP contribution in [0.25, 0.3) is 10.9 Å². The highest BCUT2D eigenvalue weighted by Gasteiger charge is 2.04. The van der Waals surface area contributed by atoms with Crippen molar-refractivity contribution in [3.8, 4) is 0 Å². The molecule has 0 N–H and O–H groups in total. The quantitative estimate of drug-likeness (QED) is 0.774. The van der Waals surface area contributed by atoms with E-state index in [4.69, 9.17) is 0 Å². The topological polar surface area (TPSA) is 16.1 Å². The van der Waals surface area contributed by atoms with E-state index in [0.29, 0.717) is 0 Å². The van der Waals surface area contributed by atoms with E-state index in [1.54, 1.807) is 0 Å². The van der Waals surface area contributed by atoms with Gasteiger partial charge in [-0.3, -0.25) is 4.98 Å². The number of para-hydroxylation sites is 1. The van der Waals surface area contributed by atoms with Crippen LogP contribution in [0.2, 0.25) is 0 Å². The predicted molar refractivity (Wildman–Crippen MR) is 63.8 cm³/mol. The number of hydrogen-bond donors (Lipinski definition) is 0. The summed E-state index contributed by atoms with van der Waals surface area (Å²) in [7, 11) is 4.07. The van der Waals surface area contributed by atoms with Crippen LogP contribution in [0.5, 0.6) is 0 Å². The first kappa shape index (κ1) is 9.46. The van der Waals surface area contributed by atoms with Crippen molar-refractivity contribution in [3.05, 3.63) is 34.9 Å². The molecule has 0 aliphatic carbocycles.